The number of hydrogen-bond donors (Lipinski definition) is 0. The first-order chi connectivity index (χ1) is 7.10. The highest BCUT2D eigenvalue weighted by Crippen LogP contribution is 1.97. The molecule has 0 aliphatic heterocycles. The van der Waals surface area contributed by atoms with Crippen LogP contribution in [0.1, 0.15) is 6.92 Å². The van der Waals surface area contributed by atoms with Gasteiger partial charge in [-0.2, -0.15) is 0 Å². The van der Waals surface area contributed by atoms with Gasteiger partial charge in [-0.25, -0.2) is 0 Å². The van der Waals surface area contributed by atoms with Crippen LogP contribution in [0.4, 0.5) is 0 Å². The Hall–Kier alpha value is -0.860. The van der Waals surface area contributed by atoms with Crippen molar-refractivity contribution in [3.8, 4) is 0 Å². The average molecular weight is 208 g/mol. The quantitative estimate of drug-likeness (QED) is 0.564. The summed E-state index contributed by atoms with van der Waals surface area (Å²) in [6, 6.07) is 0. The van der Waals surface area contributed by atoms with E-state index in [-0.39, 0.29) is 0 Å². The van der Waals surface area contributed by atoms with Crippen LogP contribution in [0, 0.1) is 0 Å². The van der Waals surface area contributed by atoms with Crippen LogP contribution in [-0.2, 0) is 0 Å². The molecular formula is C13H24N2. The fourth-order valence-corrected chi connectivity index (χ4v) is 1.18. The van der Waals surface area contributed by atoms with Gasteiger partial charge >= 0.3 is 0 Å². The van der Waals surface area contributed by atoms with Gasteiger partial charge in [-0.05, 0) is 26.2 Å². The molecule has 0 rings (SSSR count). The molecule has 0 bridgehead atoms. The van der Waals surface area contributed by atoms with Crippen LogP contribution in [0.2, 0.25) is 0 Å². The zero-order valence-electron chi connectivity index (χ0n) is 10.4. The summed E-state index contributed by atoms with van der Waals surface area (Å²) in [5.74, 6) is 0. The molecule has 0 spiro atoms. The van der Waals surface area contributed by atoms with Crippen molar-refractivity contribution in [2.24, 2.45) is 0 Å². The number of rotatable bonds is 8. The van der Waals surface area contributed by atoms with Gasteiger partial charge in [-0.3, -0.25) is 0 Å². The Labute approximate surface area is 94.6 Å². The molecule has 0 radical (unpaired) electrons. The van der Waals surface area contributed by atoms with Crippen molar-refractivity contribution in [3.05, 3.63) is 37.0 Å². The summed E-state index contributed by atoms with van der Waals surface area (Å²) in [4.78, 5) is 4.58. The van der Waals surface area contributed by atoms with Gasteiger partial charge in [0.1, 0.15) is 0 Å². The highest BCUT2D eigenvalue weighted by Gasteiger charge is 2.00. The molecule has 0 aromatic carbocycles. The molecule has 0 saturated heterocycles. The van der Waals surface area contributed by atoms with Crippen molar-refractivity contribution < 1.29 is 0 Å². The van der Waals surface area contributed by atoms with Crippen molar-refractivity contribution in [3.63, 3.8) is 0 Å². The van der Waals surface area contributed by atoms with Crippen molar-refractivity contribution in [1.82, 2.24) is 9.80 Å². The maximum atomic E-state index is 3.99. The maximum absolute atomic E-state index is 3.99. The molecule has 2 heteroatoms. The van der Waals surface area contributed by atoms with Crippen molar-refractivity contribution >= 4 is 0 Å². The predicted octanol–water partition coefficient (Wildman–Crippen LogP) is 2.17. The monoisotopic (exact) mass is 208 g/mol. The first-order valence-electron chi connectivity index (χ1n) is 5.44. The molecule has 0 aromatic heterocycles. The molecule has 2 nitrogen and oxygen atoms in total. The highest BCUT2D eigenvalue weighted by molar-refractivity contribution is 5.19. The number of nitrogens with zero attached hydrogens (tertiary/aromatic N) is 2. The first-order valence-corrected chi connectivity index (χ1v) is 5.44. The van der Waals surface area contributed by atoms with Gasteiger partial charge in [-0.1, -0.05) is 38.3 Å². The largest absolute Gasteiger partial charge is 0.305 e. The van der Waals surface area contributed by atoms with Crippen LogP contribution in [-0.4, -0.2) is 50.1 Å². The van der Waals surface area contributed by atoms with Gasteiger partial charge < -0.3 is 9.80 Å². The third kappa shape index (κ3) is 8.16. The Morgan fingerprint density at radius 1 is 1.20 bits per heavy atom. The van der Waals surface area contributed by atoms with Crippen LogP contribution in [0.25, 0.3) is 0 Å². The summed E-state index contributed by atoms with van der Waals surface area (Å²) in [6.07, 6.45) is 5.71. The van der Waals surface area contributed by atoms with E-state index < -0.39 is 0 Å². The normalized spacial score (nSPS) is 11.5. The second-order valence-electron chi connectivity index (χ2n) is 3.89. The molecule has 15 heavy (non-hydrogen) atoms. The zero-order valence-corrected chi connectivity index (χ0v) is 10.4. The van der Waals surface area contributed by atoms with Gasteiger partial charge in [0.15, 0.2) is 0 Å². The SMILES string of the molecule is C=C/C=C\C(=C)CN(C)CCN(C)CC. The molecule has 0 unspecified atom stereocenters. The van der Waals surface area contributed by atoms with E-state index in [1.54, 1.807) is 6.08 Å². The maximum Gasteiger partial charge on any atom is 0.0225 e. The van der Waals surface area contributed by atoms with Gasteiger partial charge in [0.2, 0.25) is 0 Å². The molecule has 0 aliphatic rings. The molecule has 0 atom stereocenters. The Morgan fingerprint density at radius 2 is 1.80 bits per heavy atom. The van der Waals surface area contributed by atoms with E-state index in [2.05, 4.69) is 44.0 Å². The topological polar surface area (TPSA) is 6.48 Å². The fraction of sp³-hybridized carbons (Fsp3) is 0.538. The average Bonchev–Trinajstić information content (AvgIpc) is 2.22. The second kappa shape index (κ2) is 8.45. The third-order valence-corrected chi connectivity index (χ3v) is 2.34. The summed E-state index contributed by atoms with van der Waals surface area (Å²) in [6.45, 7) is 14.0. The highest BCUT2D eigenvalue weighted by atomic mass is 15.2. The number of allylic oxidation sites excluding steroid dienone is 2. The first kappa shape index (κ1) is 14.1. The minimum atomic E-state index is 0.919. The molecule has 0 N–H and O–H groups in total. The van der Waals surface area contributed by atoms with Crippen LogP contribution in [0.15, 0.2) is 37.0 Å². The van der Waals surface area contributed by atoms with E-state index in [1.807, 2.05) is 12.2 Å². The second-order valence-corrected chi connectivity index (χ2v) is 3.89. The standard InChI is InChI=1S/C13H24N2/c1-6-8-9-13(3)12-15(5)11-10-14(4)7-2/h6,8-9H,1,3,7,10-12H2,2,4-5H3/b9-8-. The Bertz CT molecular complexity index is 219. The number of hydrogen-bond acceptors (Lipinski definition) is 2. The van der Waals surface area contributed by atoms with Gasteiger partial charge in [-0.15, -0.1) is 0 Å². The third-order valence-electron chi connectivity index (χ3n) is 2.34. The van der Waals surface area contributed by atoms with Gasteiger partial charge in [0.25, 0.3) is 0 Å². The molecule has 0 aromatic rings. The molecule has 0 amide bonds. The summed E-state index contributed by atoms with van der Waals surface area (Å²) in [5.41, 5.74) is 1.12. The fourth-order valence-electron chi connectivity index (χ4n) is 1.18. The molecule has 86 valence electrons. The van der Waals surface area contributed by atoms with E-state index in [0.29, 0.717) is 0 Å². The lowest BCUT2D eigenvalue weighted by Gasteiger charge is -2.20. The lowest BCUT2D eigenvalue weighted by Crippen LogP contribution is -2.31. The number of likely N-dealkylation sites (N-methyl/N-ethyl adjacent to an activating group) is 2. The predicted molar refractivity (Wildman–Crippen MR) is 69.1 cm³/mol. The molecular weight excluding hydrogens is 184 g/mol. The lowest BCUT2D eigenvalue weighted by atomic mass is 10.2. The van der Waals surface area contributed by atoms with Crippen molar-refractivity contribution in [1.29, 1.82) is 0 Å². The molecule has 0 aliphatic carbocycles. The van der Waals surface area contributed by atoms with Gasteiger partial charge in [0, 0.05) is 19.6 Å². The van der Waals surface area contributed by atoms with E-state index in [4.69, 9.17) is 0 Å². The van der Waals surface area contributed by atoms with Crippen LogP contribution >= 0.6 is 0 Å². The molecule has 0 saturated carbocycles. The van der Waals surface area contributed by atoms with Crippen LogP contribution < -0.4 is 0 Å². The summed E-state index contributed by atoms with van der Waals surface area (Å²) >= 11 is 0. The van der Waals surface area contributed by atoms with Crippen molar-refractivity contribution in [2.45, 2.75) is 6.92 Å². The Balaban J connectivity index is 3.73. The Kier molecular flexibility index (Phi) is 7.96. The van der Waals surface area contributed by atoms with E-state index in [9.17, 15) is 0 Å². The zero-order chi connectivity index (χ0) is 11.7. The van der Waals surface area contributed by atoms with E-state index in [1.165, 1.54) is 0 Å². The molecule has 0 heterocycles. The minimum absolute atomic E-state index is 0.919. The Morgan fingerprint density at radius 3 is 2.33 bits per heavy atom. The summed E-state index contributed by atoms with van der Waals surface area (Å²) in [7, 11) is 4.26. The van der Waals surface area contributed by atoms with E-state index in [0.717, 1.165) is 31.8 Å². The van der Waals surface area contributed by atoms with E-state index >= 15 is 0 Å². The molecule has 0 fully saturated rings. The smallest absolute Gasteiger partial charge is 0.0225 e. The minimum Gasteiger partial charge on any atom is -0.305 e. The van der Waals surface area contributed by atoms with Crippen LogP contribution in [0.5, 0.6) is 0 Å². The van der Waals surface area contributed by atoms with Crippen molar-refractivity contribution in [2.75, 3.05) is 40.3 Å². The summed E-state index contributed by atoms with van der Waals surface area (Å²) < 4.78 is 0. The van der Waals surface area contributed by atoms with Gasteiger partial charge in [0.05, 0.1) is 0 Å². The summed E-state index contributed by atoms with van der Waals surface area (Å²) in [5, 5.41) is 0. The van der Waals surface area contributed by atoms with Crippen LogP contribution in [0.3, 0.4) is 0 Å². The lowest BCUT2D eigenvalue weighted by molar-refractivity contribution is 0.276.